The summed E-state index contributed by atoms with van der Waals surface area (Å²) in [7, 11) is 0. The largest absolute Gasteiger partial charge is 0.399 e. The quantitative estimate of drug-likeness (QED) is 0.288. The maximum Gasteiger partial charge on any atom is 0.255 e. The first kappa shape index (κ1) is 24.8. The number of nitrogen functional groups attached to an aromatic ring is 1. The second kappa shape index (κ2) is 11.0. The monoisotopic (exact) mass is 502 g/mol. The van der Waals surface area contributed by atoms with Gasteiger partial charge in [0, 0.05) is 54.0 Å². The molecule has 0 saturated carbocycles. The Hall–Kier alpha value is -4.91. The Labute approximate surface area is 221 Å². The molecule has 5 aromatic rings. The fraction of sp³-hybridized carbons (Fsp3) is 0.129. The number of nitrogens with zero attached hydrogens (tertiary/aromatic N) is 4. The maximum absolute atomic E-state index is 12.8. The van der Waals surface area contributed by atoms with Crippen LogP contribution < -0.4 is 21.8 Å². The number of aryl methyl sites for hydroxylation is 2. The van der Waals surface area contributed by atoms with Crippen LogP contribution >= 0.6 is 0 Å². The Morgan fingerprint density at radius 3 is 2.16 bits per heavy atom. The van der Waals surface area contributed by atoms with Crippen LogP contribution in [0.4, 0.5) is 22.7 Å². The van der Waals surface area contributed by atoms with E-state index in [1.165, 1.54) is 0 Å². The fourth-order valence-corrected chi connectivity index (χ4v) is 4.25. The van der Waals surface area contributed by atoms with E-state index >= 15 is 0 Å². The standard InChI is InChI=1S/C31H30N6O/c1-3-36-18-15-27(16-19-36)33-24-8-5-22(6-9-24)31(38)35-26-12-10-25(11-13-26)34-29-17-20-37(4-2)30-14-7-23(32)21-28(29)30/h5-21H,3-4,32H2,1-2H3,(H,35,38). The molecule has 0 unspecified atom stereocenters. The lowest BCUT2D eigenvalue weighted by molar-refractivity contribution is 0.102. The number of aromatic nitrogens is 2. The molecule has 7 heteroatoms. The van der Waals surface area contributed by atoms with Crippen LogP contribution in [-0.4, -0.2) is 15.0 Å². The summed E-state index contributed by atoms with van der Waals surface area (Å²) in [6, 6.07) is 26.5. The van der Waals surface area contributed by atoms with Crippen molar-refractivity contribution in [1.29, 1.82) is 0 Å². The second-order valence-electron chi connectivity index (χ2n) is 8.92. The van der Waals surface area contributed by atoms with Crippen molar-refractivity contribution in [3.8, 4) is 0 Å². The van der Waals surface area contributed by atoms with Crippen LogP contribution in [0.1, 0.15) is 24.2 Å². The molecule has 0 bridgehead atoms. The van der Waals surface area contributed by atoms with Gasteiger partial charge in [0.1, 0.15) is 0 Å². The number of fused-ring (bicyclic) bond motifs is 1. The van der Waals surface area contributed by atoms with Gasteiger partial charge in [0.25, 0.3) is 5.91 Å². The van der Waals surface area contributed by atoms with E-state index in [9.17, 15) is 4.79 Å². The summed E-state index contributed by atoms with van der Waals surface area (Å²) in [5.74, 6) is -0.182. The van der Waals surface area contributed by atoms with Gasteiger partial charge in [-0.1, -0.05) is 0 Å². The summed E-state index contributed by atoms with van der Waals surface area (Å²) < 4.78 is 4.24. The van der Waals surface area contributed by atoms with Crippen molar-refractivity contribution in [2.24, 2.45) is 9.98 Å². The molecular formula is C31H30N6O. The van der Waals surface area contributed by atoms with Crippen LogP contribution in [0.15, 0.2) is 114 Å². The number of pyridine rings is 2. The molecule has 0 fully saturated rings. The molecule has 0 saturated heterocycles. The van der Waals surface area contributed by atoms with Gasteiger partial charge in [-0.15, -0.1) is 0 Å². The average molecular weight is 503 g/mol. The van der Waals surface area contributed by atoms with Crippen molar-refractivity contribution in [3.05, 3.63) is 120 Å². The van der Waals surface area contributed by atoms with Gasteiger partial charge in [0.15, 0.2) is 0 Å². The molecule has 0 aliphatic rings. The Morgan fingerprint density at radius 2 is 1.47 bits per heavy atom. The zero-order chi connectivity index (χ0) is 26.5. The minimum Gasteiger partial charge on any atom is -0.399 e. The minimum atomic E-state index is -0.182. The number of benzene rings is 3. The van der Waals surface area contributed by atoms with Crippen molar-refractivity contribution < 1.29 is 4.79 Å². The lowest BCUT2D eigenvalue weighted by atomic mass is 10.1. The highest BCUT2D eigenvalue weighted by atomic mass is 16.1. The van der Waals surface area contributed by atoms with Gasteiger partial charge >= 0.3 is 0 Å². The van der Waals surface area contributed by atoms with E-state index in [-0.39, 0.29) is 5.91 Å². The van der Waals surface area contributed by atoms with Gasteiger partial charge in [-0.3, -0.25) is 4.79 Å². The van der Waals surface area contributed by atoms with Crippen molar-refractivity contribution in [3.63, 3.8) is 0 Å². The highest BCUT2D eigenvalue weighted by molar-refractivity contribution is 6.04. The first-order valence-electron chi connectivity index (χ1n) is 12.7. The van der Waals surface area contributed by atoms with E-state index in [0.29, 0.717) is 16.9 Å². The molecule has 5 rings (SSSR count). The van der Waals surface area contributed by atoms with E-state index in [1.807, 2.05) is 91.4 Å². The van der Waals surface area contributed by atoms with Gasteiger partial charge in [0.2, 0.25) is 0 Å². The van der Waals surface area contributed by atoms with Crippen molar-refractivity contribution in [2.75, 3.05) is 11.1 Å². The van der Waals surface area contributed by atoms with E-state index in [2.05, 4.69) is 33.3 Å². The van der Waals surface area contributed by atoms with Gasteiger partial charge in [-0.05, 0) is 98.8 Å². The second-order valence-corrected chi connectivity index (χ2v) is 8.92. The normalized spacial score (nSPS) is 11.5. The van der Waals surface area contributed by atoms with Crippen LogP contribution in [-0.2, 0) is 13.1 Å². The molecule has 0 spiro atoms. The zero-order valence-corrected chi connectivity index (χ0v) is 21.5. The number of hydrogen-bond donors (Lipinski definition) is 2. The molecule has 3 N–H and O–H groups in total. The number of hydrogen-bond acceptors (Lipinski definition) is 4. The fourth-order valence-electron chi connectivity index (χ4n) is 4.25. The molecule has 2 aromatic heterocycles. The first-order chi connectivity index (χ1) is 18.5. The Kier molecular flexibility index (Phi) is 7.17. The number of nitrogens with two attached hydrogens (primary N) is 1. The molecule has 7 nitrogen and oxygen atoms in total. The first-order valence-corrected chi connectivity index (χ1v) is 12.7. The van der Waals surface area contributed by atoms with Crippen molar-refractivity contribution in [1.82, 2.24) is 9.13 Å². The molecule has 3 aromatic carbocycles. The van der Waals surface area contributed by atoms with Gasteiger partial charge < -0.3 is 20.2 Å². The predicted octanol–water partition coefficient (Wildman–Crippen LogP) is 5.78. The smallest absolute Gasteiger partial charge is 0.255 e. The number of carbonyl (C=O) groups is 1. The third-order valence-corrected chi connectivity index (χ3v) is 6.36. The molecule has 0 aliphatic heterocycles. The number of rotatable bonds is 6. The summed E-state index contributed by atoms with van der Waals surface area (Å²) in [5, 5.41) is 5.66. The Bertz CT molecular complexity index is 1710. The van der Waals surface area contributed by atoms with E-state index < -0.39 is 0 Å². The summed E-state index contributed by atoms with van der Waals surface area (Å²) in [6.07, 6.45) is 6.03. The molecular weight excluding hydrogens is 472 g/mol. The molecule has 0 aliphatic carbocycles. The van der Waals surface area contributed by atoms with E-state index in [1.54, 1.807) is 12.1 Å². The van der Waals surface area contributed by atoms with Gasteiger partial charge in [-0.2, -0.15) is 0 Å². The summed E-state index contributed by atoms with van der Waals surface area (Å²) in [5.41, 5.74) is 10.7. The SMILES string of the molecule is CCn1ccc(=Nc2ccc(C(=O)Nc3ccc(N=c4ccn(CC)c5ccc(N)cc45)cc3)cc2)cc1. The molecule has 190 valence electrons. The number of anilines is 2. The van der Waals surface area contributed by atoms with Crippen LogP contribution in [0.2, 0.25) is 0 Å². The summed E-state index contributed by atoms with van der Waals surface area (Å²) >= 11 is 0. The highest BCUT2D eigenvalue weighted by Gasteiger charge is 2.07. The number of amides is 1. The van der Waals surface area contributed by atoms with Crippen molar-refractivity contribution >= 4 is 39.6 Å². The topological polar surface area (TPSA) is 89.7 Å². The lowest BCUT2D eigenvalue weighted by Gasteiger charge is -2.10. The van der Waals surface area contributed by atoms with Crippen LogP contribution in [0.3, 0.4) is 0 Å². The lowest BCUT2D eigenvalue weighted by Crippen LogP contribution is -2.11. The summed E-state index contributed by atoms with van der Waals surface area (Å²) in [6.45, 7) is 5.97. The Morgan fingerprint density at radius 1 is 0.789 bits per heavy atom. The number of carbonyl (C=O) groups excluding carboxylic acids is 1. The van der Waals surface area contributed by atoms with Crippen molar-refractivity contribution in [2.45, 2.75) is 26.9 Å². The van der Waals surface area contributed by atoms with Gasteiger partial charge in [0.05, 0.1) is 27.6 Å². The molecule has 0 atom stereocenters. The minimum absolute atomic E-state index is 0.182. The highest BCUT2D eigenvalue weighted by Crippen LogP contribution is 2.19. The Balaban J connectivity index is 1.31. The molecule has 0 radical (unpaired) electrons. The average Bonchev–Trinajstić information content (AvgIpc) is 2.95. The molecule has 2 heterocycles. The maximum atomic E-state index is 12.8. The third kappa shape index (κ3) is 5.57. The zero-order valence-electron chi connectivity index (χ0n) is 21.5. The number of nitrogens with one attached hydrogen (secondary N) is 1. The molecule has 1 amide bonds. The van der Waals surface area contributed by atoms with Gasteiger partial charge in [-0.25, -0.2) is 9.98 Å². The van der Waals surface area contributed by atoms with E-state index in [4.69, 9.17) is 10.7 Å². The van der Waals surface area contributed by atoms with Crippen LogP contribution in [0.25, 0.3) is 10.9 Å². The van der Waals surface area contributed by atoms with Crippen LogP contribution in [0.5, 0.6) is 0 Å². The molecule has 38 heavy (non-hydrogen) atoms. The van der Waals surface area contributed by atoms with Crippen LogP contribution in [0, 0.1) is 0 Å². The van der Waals surface area contributed by atoms with E-state index in [0.717, 1.165) is 46.1 Å². The summed E-state index contributed by atoms with van der Waals surface area (Å²) in [4.78, 5) is 22.2. The third-order valence-electron chi connectivity index (χ3n) is 6.36. The predicted molar refractivity (Wildman–Crippen MR) is 153 cm³/mol.